The number of alkyl halides is 3. The molecule has 0 aliphatic heterocycles. The van der Waals surface area contributed by atoms with Gasteiger partial charge in [0, 0.05) is 17.8 Å². The van der Waals surface area contributed by atoms with Gasteiger partial charge in [0.2, 0.25) is 0 Å². The van der Waals surface area contributed by atoms with Crippen molar-refractivity contribution in [1.29, 1.82) is 0 Å². The summed E-state index contributed by atoms with van der Waals surface area (Å²) in [6.07, 6.45) is 1.64. The van der Waals surface area contributed by atoms with Crippen LogP contribution in [0.2, 0.25) is 0 Å². The number of hydrogen-bond donors (Lipinski definition) is 2. The van der Waals surface area contributed by atoms with Gasteiger partial charge in [0.25, 0.3) is 5.91 Å². The fourth-order valence-corrected chi connectivity index (χ4v) is 4.25. The maximum absolute atomic E-state index is 14.6. The second kappa shape index (κ2) is 9.46. The van der Waals surface area contributed by atoms with Gasteiger partial charge in [-0.25, -0.2) is 13.8 Å². The number of nitrogens with two attached hydrogens (primary N) is 1. The van der Waals surface area contributed by atoms with Crippen molar-refractivity contribution in [1.82, 2.24) is 9.97 Å². The van der Waals surface area contributed by atoms with Crippen molar-refractivity contribution in [3.8, 4) is 11.3 Å². The van der Waals surface area contributed by atoms with E-state index in [1.54, 1.807) is 12.3 Å². The van der Waals surface area contributed by atoms with Gasteiger partial charge in [-0.15, -0.1) is 0 Å². The van der Waals surface area contributed by atoms with Gasteiger partial charge in [-0.1, -0.05) is 12.5 Å². The maximum atomic E-state index is 14.6. The molecule has 1 amide bonds. The largest absolute Gasteiger partial charge is 0.419 e. The molecule has 2 aromatic heterocycles. The summed E-state index contributed by atoms with van der Waals surface area (Å²) in [7, 11) is 0. The summed E-state index contributed by atoms with van der Waals surface area (Å²) in [5.41, 5.74) is 4.15. The first-order valence-corrected chi connectivity index (χ1v) is 10.7. The molecular weight excluding hydrogens is 455 g/mol. The van der Waals surface area contributed by atoms with Crippen LogP contribution < -0.4 is 11.1 Å². The molecule has 3 N–H and O–H groups in total. The lowest BCUT2D eigenvalue weighted by molar-refractivity contribution is -0.139. The number of pyridine rings is 2. The number of carbonyl (C=O) groups is 1. The minimum Gasteiger partial charge on any atom is -0.328 e. The minimum atomic E-state index is -4.97. The average Bonchev–Trinajstić information content (AvgIpc) is 2.79. The molecule has 3 aromatic rings. The van der Waals surface area contributed by atoms with Crippen LogP contribution in [0.4, 0.5) is 27.6 Å². The first kappa shape index (κ1) is 23.7. The number of aromatic nitrogens is 2. The average molecular weight is 476 g/mol. The Hall–Kier alpha value is -3.40. The van der Waals surface area contributed by atoms with Crippen LogP contribution in [-0.2, 0) is 6.18 Å². The second-order valence-corrected chi connectivity index (χ2v) is 8.23. The number of benzene rings is 1. The molecule has 1 fully saturated rings. The monoisotopic (exact) mass is 476 g/mol. The minimum absolute atomic E-state index is 0.0548. The highest BCUT2D eigenvalue weighted by molar-refractivity contribution is 6.03. The lowest BCUT2D eigenvalue weighted by Crippen LogP contribution is -2.27. The van der Waals surface area contributed by atoms with Gasteiger partial charge >= 0.3 is 6.18 Å². The molecule has 2 heterocycles. The lowest BCUT2D eigenvalue weighted by atomic mass is 9.81. The third kappa shape index (κ3) is 4.91. The van der Waals surface area contributed by atoms with Gasteiger partial charge in [-0.3, -0.25) is 9.78 Å². The fraction of sp³-hybridized carbons (Fsp3) is 0.292. The van der Waals surface area contributed by atoms with Crippen LogP contribution in [0.5, 0.6) is 0 Å². The number of hydrogen-bond acceptors (Lipinski definition) is 4. The van der Waals surface area contributed by atoms with Gasteiger partial charge in [-0.05, 0) is 61.1 Å². The molecule has 4 rings (SSSR count). The molecule has 0 bridgehead atoms. The zero-order valence-corrected chi connectivity index (χ0v) is 17.9. The number of halogens is 5. The Morgan fingerprint density at radius 3 is 2.62 bits per heavy atom. The topological polar surface area (TPSA) is 80.9 Å². The van der Waals surface area contributed by atoms with E-state index < -0.39 is 40.5 Å². The Bertz CT molecular complexity index is 1210. The van der Waals surface area contributed by atoms with Gasteiger partial charge in [0.05, 0.1) is 17.4 Å². The van der Waals surface area contributed by atoms with Gasteiger partial charge in [0.15, 0.2) is 0 Å². The van der Waals surface area contributed by atoms with Gasteiger partial charge in [-0.2, -0.15) is 13.2 Å². The molecule has 1 saturated carbocycles. The highest BCUT2D eigenvalue weighted by Gasteiger charge is 2.35. The van der Waals surface area contributed by atoms with Crippen LogP contribution in [-0.4, -0.2) is 21.9 Å². The third-order valence-corrected chi connectivity index (χ3v) is 5.90. The number of anilines is 1. The molecule has 5 nitrogen and oxygen atoms in total. The first-order valence-electron chi connectivity index (χ1n) is 10.7. The summed E-state index contributed by atoms with van der Waals surface area (Å²) in [5.74, 6) is -3.34. The van der Waals surface area contributed by atoms with E-state index >= 15 is 0 Å². The number of carbonyl (C=O) groups excluding carboxylic acids is 1. The Morgan fingerprint density at radius 1 is 1.09 bits per heavy atom. The normalized spacial score (nSPS) is 18.5. The van der Waals surface area contributed by atoms with Crippen molar-refractivity contribution in [2.24, 2.45) is 5.73 Å². The third-order valence-electron chi connectivity index (χ3n) is 5.90. The number of nitrogens with one attached hydrogen (secondary N) is 1. The summed E-state index contributed by atoms with van der Waals surface area (Å²) in [6.45, 7) is 0. The summed E-state index contributed by atoms with van der Waals surface area (Å²) in [6, 6.07) is 6.26. The van der Waals surface area contributed by atoms with E-state index in [-0.39, 0.29) is 17.7 Å². The quantitative estimate of drug-likeness (QED) is 0.475. The zero-order chi connectivity index (χ0) is 24.5. The van der Waals surface area contributed by atoms with E-state index in [0.717, 1.165) is 55.5 Å². The van der Waals surface area contributed by atoms with Crippen molar-refractivity contribution in [2.45, 2.75) is 43.8 Å². The number of rotatable bonds is 4. The predicted molar refractivity (Wildman–Crippen MR) is 116 cm³/mol. The Morgan fingerprint density at radius 2 is 1.88 bits per heavy atom. The zero-order valence-electron chi connectivity index (χ0n) is 17.9. The van der Waals surface area contributed by atoms with Crippen molar-refractivity contribution < 1.29 is 26.7 Å². The Kier molecular flexibility index (Phi) is 6.60. The lowest BCUT2D eigenvalue weighted by Gasteiger charge is -2.28. The summed E-state index contributed by atoms with van der Waals surface area (Å²) < 4.78 is 68.2. The Labute approximate surface area is 192 Å². The van der Waals surface area contributed by atoms with Gasteiger partial charge < -0.3 is 11.1 Å². The molecular formula is C24H21F5N4O. The molecule has 0 radical (unpaired) electrons. The summed E-state index contributed by atoms with van der Waals surface area (Å²) >= 11 is 0. The van der Waals surface area contributed by atoms with Crippen LogP contribution in [0.15, 0.2) is 48.8 Å². The predicted octanol–water partition coefficient (Wildman–Crippen LogP) is 5.68. The highest BCUT2D eigenvalue weighted by Crippen LogP contribution is 2.37. The van der Waals surface area contributed by atoms with E-state index in [0.29, 0.717) is 11.8 Å². The number of amides is 1. The molecule has 1 aliphatic rings. The SMILES string of the molecule is NC1CCCC(c2ccncc2NC(=O)c2ccc(F)c(-c3cccc(C(F)(F)F)c3F)n2)C1. The van der Waals surface area contributed by atoms with E-state index in [2.05, 4.69) is 15.3 Å². The van der Waals surface area contributed by atoms with Crippen LogP contribution >= 0.6 is 0 Å². The van der Waals surface area contributed by atoms with Crippen molar-refractivity contribution >= 4 is 11.6 Å². The van der Waals surface area contributed by atoms with Crippen molar-refractivity contribution in [3.05, 3.63) is 77.2 Å². The van der Waals surface area contributed by atoms with Crippen LogP contribution in [0.3, 0.4) is 0 Å². The Balaban J connectivity index is 1.65. The summed E-state index contributed by atoms with van der Waals surface area (Å²) in [5, 5.41) is 2.69. The molecule has 1 aromatic carbocycles. The highest BCUT2D eigenvalue weighted by atomic mass is 19.4. The smallest absolute Gasteiger partial charge is 0.328 e. The van der Waals surface area contributed by atoms with Crippen molar-refractivity contribution in [3.63, 3.8) is 0 Å². The van der Waals surface area contributed by atoms with E-state index in [9.17, 15) is 26.7 Å². The van der Waals surface area contributed by atoms with Crippen molar-refractivity contribution in [2.75, 3.05) is 5.32 Å². The molecule has 2 unspecified atom stereocenters. The van der Waals surface area contributed by atoms with Crippen LogP contribution in [0.25, 0.3) is 11.3 Å². The van der Waals surface area contributed by atoms with Crippen LogP contribution in [0, 0.1) is 11.6 Å². The molecule has 0 saturated heterocycles. The standard InChI is InChI=1S/C24H21F5N4O/c25-18-7-8-19(32-22(18)16-5-2-6-17(21(16)26)24(27,28)29)23(34)33-20-12-31-10-9-15(20)13-3-1-4-14(30)11-13/h2,5-10,12-14H,1,3-4,11,30H2,(H,33,34). The first-order chi connectivity index (χ1) is 16.1. The van der Waals surface area contributed by atoms with Crippen LogP contribution in [0.1, 0.15) is 53.2 Å². The molecule has 34 heavy (non-hydrogen) atoms. The molecule has 2 atom stereocenters. The van der Waals surface area contributed by atoms with Gasteiger partial charge in [0.1, 0.15) is 23.0 Å². The summed E-state index contributed by atoms with van der Waals surface area (Å²) in [4.78, 5) is 20.8. The molecule has 10 heteroatoms. The molecule has 1 aliphatic carbocycles. The molecule has 0 spiro atoms. The second-order valence-electron chi connectivity index (χ2n) is 8.23. The fourth-order valence-electron chi connectivity index (χ4n) is 4.25. The van der Waals surface area contributed by atoms with E-state index in [1.165, 1.54) is 6.20 Å². The molecule has 178 valence electrons. The van der Waals surface area contributed by atoms with E-state index in [1.807, 2.05) is 0 Å². The maximum Gasteiger partial charge on any atom is 0.419 e. The number of nitrogens with zero attached hydrogens (tertiary/aromatic N) is 2. The van der Waals surface area contributed by atoms with E-state index in [4.69, 9.17) is 5.73 Å².